The molecule has 0 saturated heterocycles. The smallest absolute Gasteiger partial charge is 0.328 e. The Hall–Kier alpha value is -1.11. The number of alkyl halides is 1. The van der Waals surface area contributed by atoms with Crippen molar-refractivity contribution in [3.8, 4) is 0 Å². The summed E-state index contributed by atoms with van der Waals surface area (Å²) in [6.45, 7) is 0.255. The molecule has 2 N–H and O–H groups in total. The van der Waals surface area contributed by atoms with Crippen LogP contribution in [0.5, 0.6) is 0 Å². The number of halogens is 1. The molecule has 7 heteroatoms. The van der Waals surface area contributed by atoms with Crippen LogP contribution in [0, 0.1) is 0 Å². The van der Waals surface area contributed by atoms with Gasteiger partial charge in [0.2, 0.25) is 0 Å². The first-order chi connectivity index (χ1) is 8.56. The Morgan fingerprint density at radius 1 is 1.56 bits per heavy atom. The van der Waals surface area contributed by atoms with Crippen molar-refractivity contribution < 1.29 is 9.84 Å². The third kappa shape index (κ3) is 3.69. The largest absolute Gasteiger partial charge is 0.393 e. The van der Waals surface area contributed by atoms with Gasteiger partial charge in [-0.1, -0.05) is 0 Å². The number of aliphatic hydroxyl groups is 1. The Balaban J connectivity index is 2.61. The minimum atomic E-state index is -0.770. The molecule has 1 atom stereocenters. The second-order valence-corrected chi connectivity index (χ2v) is 4.35. The molecule has 0 amide bonds. The highest BCUT2D eigenvalue weighted by Crippen LogP contribution is 2.19. The van der Waals surface area contributed by atoms with E-state index in [0.29, 0.717) is 19.4 Å². The molecule has 18 heavy (non-hydrogen) atoms. The number of nitrogens with zero attached hydrogens (tertiary/aromatic N) is 1. The van der Waals surface area contributed by atoms with E-state index in [1.54, 1.807) is 0 Å². The van der Waals surface area contributed by atoms with Crippen LogP contribution in [0.25, 0.3) is 0 Å². The Labute approximate surface area is 109 Å². The number of rotatable bonds is 7. The molecular weight excluding hydrogens is 260 g/mol. The van der Waals surface area contributed by atoms with Crippen LogP contribution >= 0.6 is 11.6 Å². The average Bonchev–Trinajstić information content (AvgIpc) is 2.38. The third-order valence-electron chi connectivity index (χ3n) is 2.89. The van der Waals surface area contributed by atoms with E-state index in [4.69, 9.17) is 16.3 Å². The Kier molecular flexibility index (Phi) is 5.58. The summed E-state index contributed by atoms with van der Waals surface area (Å²) in [7, 11) is 1.49. The summed E-state index contributed by atoms with van der Waals surface area (Å²) < 4.78 is 6.59. The summed E-state index contributed by atoms with van der Waals surface area (Å²) in [5.74, 6) is 0.181. The molecule has 0 saturated carbocycles. The normalized spacial score (nSPS) is 14.4. The van der Waals surface area contributed by atoms with Crippen molar-refractivity contribution in [2.75, 3.05) is 19.6 Å². The van der Waals surface area contributed by atoms with E-state index in [1.165, 1.54) is 23.9 Å². The molecule has 6 nitrogen and oxygen atoms in total. The molecule has 0 radical (unpaired) electrons. The summed E-state index contributed by atoms with van der Waals surface area (Å²) >= 11 is 5.76. The highest BCUT2D eigenvalue weighted by molar-refractivity contribution is 6.18. The van der Waals surface area contributed by atoms with Gasteiger partial charge < -0.3 is 14.4 Å². The number of hydrogen-bond donors (Lipinski definition) is 2. The fourth-order valence-corrected chi connectivity index (χ4v) is 1.93. The molecule has 0 aliphatic rings. The number of nitrogens with one attached hydrogen (secondary N) is 1. The van der Waals surface area contributed by atoms with Gasteiger partial charge in [0.15, 0.2) is 0 Å². The molecule has 102 valence electrons. The average molecular weight is 277 g/mol. The topological polar surface area (TPSA) is 84.3 Å². The van der Waals surface area contributed by atoms with E-state index in [1.807, 2.05) is 0 Å². The van der Waals surface area contributed by atoms with E-state index < -0.39 is 16.9 Å². The van der Waals surface area contributed by atoms with Crippen LogP contribution in [-0.4, -0.2) is 39.9 Å². The zero-order valence-corrected chi connectivity index (χ0v) is 10.9. The summed E-state index contributed by atoms with van der Waals surface area (Å²) in [6.07, 6.45) is 2.57. The molecule has 0 aliphatic heterocycles. The van der Waals surface area contributed by atoms with E-state index in [0.717, 1.165) is 0 Å². The Morgan fingerprint density at radius 2 is 2.28 bits per heavy atom. The van der Waals surface area contributed by atoms with Crippen molar-refractivity contribution in [2.45, 2.75) is 25.0 Å². The monoisotopic (exact) mass is 276 g/mol. The number of aryl methyl sites for hydroxylation is 1. The van der Waals surface area contributed by atoms with Gasteiger partial charge in [-0.25, -0.2) is 4.79 Å². The van der Waals surface area contributed by atoms with Crippen LogP contribution in [-0.2, 0) is 11.3 Å². The van der Waals surface area contributed by atoms with E-state index in [-0.39, 0.29) is 12.5 Å². The molecule has 1 heterocycles. The van der Waals surface area contributed by atoms with Crippen molar-refractivity contribution in [1.29, 1.82) is 0 Å². The number of aromatic nitrogens is 2. The van der Waals surface area contributed by atoms with Crippen LogP contribution in [0.3, 0.4) is 0 Å². The predicted molar refractivity (Wildman–Crippen MR) is 68.1 cm³/mol. The maximum Gasteiger partial charge on any atom is 0.328 e. The first-order valence-corrected chi connectivity index (χ1v) is 6.12. The maximum atomic E-state index is 11.4. The van der Waals surface area contributed by atoms with E-state index in [9.17, 15) is 14.7 Å². The van der Waals surface area contributed by atoms with E-state index >= 15 is 0 Å². The number of ether oxygens (including phenoxy) is 1. The molecular formula is C11H17ClN2O4. The van der Waals surface area contributed by atoms with Crippen molar-refractivity contribution in [2.24, 2.45) is 0 Å². The summed E-state index contributed by atoms with van der Waals surface area (Å²) in [4.78, 5) is 24.5. The molecule has 1 rings (SSSR count). The van der Waals surface area contributed by atoms with Crippen LogP contribution in [0.4, 0.5) is 0 Å². The third-order valence-corrected chi connectivity index (χ3v) is 3.38. The van der Waals surface area contributed by atoms with Gasteiger partial charge in [-0.05, 0) is 12.8 Å². The van der Waals surface area contributed by atoms with Crippen LogP contribution in [0.2, 0.25) is 0 Å². The maximum absolute atomic E-state index is 11.4. The molecule has 0 aromatic carbocycles. The first kappa shape index (κ1) is 14.9. The molecule has 0 bridgehead atoms. The summed E-state index contributed by atoms with van der Waals surface area (Å²) in [6, 6.07) is 1.29. The molecule has 1 aromatic heterocycles. The van der Waals surface area contributed by atoms with Gasteiger partial charge in [0, 0.05) is 25.9 Å². The van der Waals surface area contributed by atoms with Gasteiger partial charge in [0.05, 0.1) is 12.5 Å². The SMILES string of the molecule is CO[C@@](CO)(CCl)CCCn1ccc(=O)[nH]c1=O. The highest BCUT2D eigenvalue weighted by Gasteiger charge is 2.27. The van der Waals surface area contributed by atoms with E-state index in [2.05, 4.69) is 4.98 Å². The van der Waals surface area contributed by atoms with Crippen molar-refractivity contribution in [1.82, 2.24) is 9.55 Å². The second kappa shape index (κ2) is 6.72. The zero-order chi connectivity index (χ0) is 13.6. The molecule has 1 aromatic rings. The number of hydrogen-bond acceptors (Lipinski definition) is 4. The molecule has 0 spiro atoms. The quantitative estimate of drug-likeness (QED) is 0.683. The van der Waals surface area contributed by atoms with Gasteiger partial charge in [-0.2, -0.15) is 0 Å². The Bertz CT molecular complexity index is 470. The van der Waals surface area contributed by atoms with Crippen molar-refractivity contribution in [3.05, 3.63) is 33.1 Å². The lowest BCUT2D eigenvalue weighted by atomic mass is 10.0. The standard InChI is InChI=1S/C11H17ClN2O4/c1-18-11(7-12,8-15)4-2-5-14-6-3-9(16)13-10(14)17/h3,6,15H,2,4-5,7-8H2,1H3,(H,13,16,17)/t11-/m1/s1. The van der Waals surface area contributed by atoms with Crippen molar-refractivity contribution in [3.63, 3.8) is 0 Å². The lowest BCUT2D eigenvalue weighted by molar-refractivity contribution is -0.0421. The minimum absolute atomic E-state index is 0.173. The number of aromatic amines is 1. The molecule has 0 unspecified atom stereocenters. The summed E-state index contributed by atoms with van der Waals surface area (Å²) in [5, 5.41) is 9.24. The van der Waals surface area contributed by atoms with Gasteiger partial charge in [-0.3, -0.25) is 9.78 Å². The van der Waals surface area contributed by atoms with Crippen LogP contribution in [0.15, 0.2) is 21.9 Å². The first-order valence-electron chi connectivity index (χ1n) is 5.58. The molecule has 0 aliphatic carbocycles. The lowest BCUT2D eigenvalue weighted by Crippen LogP contribution is -2.38. The van der Waals surface area contributed by atoms with Crippen molar-refractivity contribution >= 4 is 11.6 Å². The van der Waals surface area contributed by atoms with Crippen LogP contribution in [0.1, 0.15) is 12.8 Å². The zero-order valence-electron chi connectivity index (χ0n) is 10.2. The minimum Gasteiger partial charge on any atom is -0.393 e. The number of H-pyrrole nitrogens is 1. The Morgan fingerprint density at radius 3 is 2.78 bits per heavy atom. The lowest BCUT2D eigenvalue weighted by Gasteiger charge is -2.28. The second-order valence-electron chi connectivity index (χ2n) is 4.09. The van der Waals surface area contributed by atoms with Gasteiger partial charge >= 0.3 is 5.69 Å². The fourth-order valence-electron chi connectivity index (χ4n) is 1.60. The summed E-state index contributed by atoms with van der Waals surface area (Å²) in [5.41, 5.74) is -1.63. The number of aliphatic hydroxyl groups excluding tert-OH is 1. The molecule has 0 fully saturated rings. The van der Waals surface area contributed by atoms with Gasteiger partial charge in [0.1, 0.15) is 5.60 Å². The fraction of sp³-hybridized carbons (Fsp3) is 0.636. The number of methoxy groups -OCH3 is 1. The van der Waals surface area contributed by atoms with Crippen LogP contribution < -0.4 is 11.2 Å². The van der Waals surface area contributed by atoms with Gasteiger partial charge in [-0.15, -0.1) is 11.6 Å². The highest BCUT2D eigenvalue weighted by atomic mass is 35.5. The van der Waals surface area contributed by atoms with Gasteiger partial charge in [0.25, 0.3) is 5.56 Å². The predicted octanol–water partition coefficient (Wildman–Crippen LogP) is -0.0669.